The van der Waals surface area contributed by atoms with E-state index in [1.54, 1.807) is 0 Å². The predicted molar refractivity (Wildman–Crippen MR) is 84.6 cm³/mol. The van der Waals surface area contributed by atoms with Crippen molar-refractivity contribution >= 4 is 11.9 Å². The molecule has 4 bridgehead atoms. The van der Waals surface area contributed by atoms with Gasteiger partial charge in [0.25, 0.3) is 0 Å². The molecule has 4 fully saturated rings. The van der Waals surface area contributed by atoms with Crippen molar-refractivity contribution in [3.8, 4) is 0 Å². The summed E-state index contributed by atoms with van der Waals surface area (Å²) >= 11 is 0. The largest absolute Gasteiger partial charge is 0.481 e. The van der Waals surface area contributed by atoms with Crippen molar-refractivity contribution in [1.29, 1.82) is 0 Å². The van der Waals surface area contributed by atoms with Crippen molar-refractivity contribution in [1.82, 2.24) is 0 Å². The van der Waals surface area contributed by atoms with E-state index < -0.39 is 5.97 Å². The third-order valence-electron chi connectivity index (χ3n) is 7.24. The van der Waals surface area contributed by atoms with Gasteiger partial charge in [-0.1, -0.05) is 12.8 Å². The maximum atomic E-state index is 12.2. The monoisotopic (exact) mass is 320 g/mol. The standard InChI is InChI=1S/C19H28O4/c20-17(21)5-6-18(22)23-19(15-9-11-1-3-13(15)7-11)16-10-12-2-4-14(16)8-12/h11-16,19H,1-10H2,(H,20,21). The number of rotatable bonds is 6. The van der Waals surface area contributed by atoms with Crippen LogP contribution >= 0.6 is 0 Å². The van der Waals surface area contributed by atoms with E-state index in [1.807, 2.05) is 0 Å². The zero-order valence-corrected chi connectivity index (χ0v) is 13.8. The Bertz CT molecular complexity index is 460. The molecule has 0 aromatic rings. The molecule has 1 N–H and O–H groups in total. The number of carboxylic acids is 1. The van der Waals surface area contributed by atoms with E-state index in [0.29, 0.717) is 11.8 Å². The van der Waals surface area contributed by atoms with Gasteiger partial charge in [-0.2, -0.15) is 0 Å². The van der Waals surface area contributed by atoms with Gasteiger partial charge >= 0.3 is 11.9 Å². The summed E-state index contributed by atoms with van der Waals surface area (Å²) in [6.45, 7) is 0. The first-order valence-corrected chi connectivity index (χ1v) is 9.51. The van der Waals surface area contributed by atoms with Gasteiger partial charge in [-0.25, -0.2) is 0 Å². The van der Waals surface area contributed by atoms with E-state index in [4.69, 9.17) is 9.84 Å². The lowest BCUT2D eigenvalue weighted by Gasteiger charge is -2.37. The summed E-state index contributed by atoms with van der Waals surface area (Å²) < 4.78 is 5.97. The normalized spacial score (nSPS) is 42.1. The molecule has 0 saturated heterocycles. The minimum atomic E-state index is -0.918. The second-order valence-corrected chi connectivity index (χ2v) is 8.53. The van der Waals surface area contributed by atoms with Crippen LogP contribution in [0.4, 0.5) is 0 Å². The Labute approximate surface area is 138 Å². The van der Waals surface area contributed by atoms with Gasteiger partial charge in [-0.05, 0) is 74.0 Å². The molecule has 6 atom stereocenters. The molecule has 0 heterocycles. The highest BCUT2D eigenvalue weighted by molar-refractivity contribution is 5.76. The molecule has 0 spiro atoms. The Morgan fingerprint density at radius 2 is 1.43 bits per heavy atom. The Morgan fingerprint density at radius 1 is 0.870 bits per heavy atom. The summed E-state index contributed by atoms with van der Waals surface area (Å²) in [5.41, 5.74) is 0. The average molecular weight is 320 g/mol. The van der Waals surface area contributed by atoms with Crippen molar-refractivity contribution in [2.45, 2.75) is 70.3 Å². The van der Waals surface area contributed by atoms with Gasteiger partial charge in [0.1, 0.15) is 6.10 Å². The van der Waals surface area contributed by atoms with Crippen molar-refractivity contribution < 1.29 is 19.4 Å². The molecule has 4 aliphatic rings. The second-order valence-electron chi connectivity index (χ2n) is 8.53. The number of esters is 1. The molecule has 0 radical (unpaired) electrons. The highest BCUT2D eigenvalue weighted by Gasteiger charge is 2.51. The highest BCUT2D eigenvalue weighted by Crippen LogP contribution is 2.56. The summed E-state index contributed by atoms with van der Waals surface area (Å²) in [7, 11) is 0. The number of ether oxygens (including phenoxy) is 1. The SMILES string of the molecule is O=C(O)CCC(=O)OC(C1CC2CCC1C2)C1CC2CCC1C2. The number of carboxylic acid groups (broad SMARTS) is 1. The molecular formula is C19H28O4. The lowest BCUT2D eigenvalue weighted by atomic mass is 9.74. The molecule has 4 nitrogen and oxygen atoms in total. The number of hydrogen-bond acceptors (Lipinski definition) is 3. The molecule has 0 aromatic heterocycles. The maximum Gasteiger partial charge on any atom is 0.306 e. The lowest BCUT2D eigenvalue weighted by molar-refractivity contribution is -0.160. The molecule has 0 amide bonds. The number of aliphatic carboxylic acids is 1. The molecular weight excluding hydrogens is 292 g/mol. The minimum Gasteiger partial charge on any atom is -0.481 e. The summed E-state index contributed by atoms with van der Waals surface area (Å²) in [6, 6.07) is 0. The van der Waals surface area contributed by atoms with Crippen LogP contribution in [0.1, 0.15) is 64.2 Å². The third kappa shape index (κ3) is 3.01. The van der Waals surface area contributed by atoms with Crippen molar-refractivity contribution in [2.24, 2.45) is 35.5 Å². The Balaban J connectivity index is 1.45. The van der Waals surface area contributed by atoms with Crippen LogP contribution in [0.15, 0.2) is 0 Å². The Kier molecular flexibility index (Phi) is 4.10. The zero-order chi connectivity index (χ0) is 16.0. The number of carbonyl (C=O) groups is 2. The zero-order valence-electron chi connectivity index (χ0n) is 13.8. The van der Waals surface area contributed by atoms with Gasteiger partial charge in [-0.3, -0.25) is 9.59 Å². The van der Waals surface area contributed by atoms with Gasteiger partial charge in [-0.15, -0.1) is 0 Å². The quantitative estimate of drug-likeness (QED) is 0.759. The van der Waals surface area contributed by atoms with E-state index in [0.717, 1.165) is 23.7 Å². The molecule has 6 unspecified atom stereocenters. The summed E-state index contributed by atoms with van der Waals surface area (Å²) in [5.74, 6) is 3.08. The average Bonchev–Trinajstić information content (AvgIpc) is 3.30. The van der Waals surface area contributed by atoms with Gasteiger partial charge < -0.3 is 9.84 Å². The fraction of sp³-hybridized carbons (Fsp3) is 0.895. The predicted octanol–water partition coefficient (Wildman–Crippen LogP) is 3.64. The molecule has 4 saturated carbocycles. The third-order valence-corrected chi connectivity index (χ3v) is 7.24. The van der Waals surface area contributed by atoms with Crippen molar-refractivity contribution in [2.75, 3.05) is 0 Å². The molecule has 0 aromatic carbocycles. The lowest BCUT2D eigenvalue weighted by Crippen LogP contribution is -2.39. The first kappa shape index (κ1) is 15.5. The molecule has 0 aliphatic heterocycles. The summed E-state index contributed by atoms with van der Waals surface area (Å²) in [6.07, 6.45) is 10.4. The topological polar surface area (TPSA) is 63.6 Å². The van der Waals surface area contributed by atoms with E-state index in [1.165, 1.54) is 51.4 Å². The Morgan fingerprint density at radius 3 is 1.83 bits per heavy atom. The smallest absolute Gasteiger partial charge is 0.306 e. The Hall–Kier alpha value is -1.06. The number of fused-ring (bicyclic) bond motifs is 4. The molecule has 4 aliphatic carbocycles. The van der Waals surface area contributed by atoms with E-state index in [9.17, 15) is 9.59 Å². The molecule has 4 rings (SSSR count). The van der Waals surface area contributed by atoms with E-state index in [2.05, 4.69) is 0 Å². The highest BCUT2D eigenvalue weighted by atomic mass is 16.5. The van der Waals surface area contributed by atoms with Crippen molar-refractivity contribution in [3.63, 3.8) is 0 Å². The van der Waals surface area contributed by atoms with E-state index in [-0.39, 0.29) is 24.9 Å². The fourth-order valence-electron chi connectivity index (χ4n) is 6.30. The van der Waals surface area contributed by atoms with Crippen LogP contribution in [-0.2, 0) is 14.3 Å². The fourth-order valence-corrected chi connectivity index (χ4v) is 6.30. The number of hydrogen-bond donors (Lipinski definition) is 1. The van der Waals surface area contributed by atoms with E-state index >= 15 is 0 Å². The summed E-state index contributed by atoms with van der Waals surface area (Å²) in [5, 5.41) is 8.78. The van der Waals surface area contributed by atoms with Gasteiger partial charge in [0, 0.05) is 0 Å². The van der Waals surface area contributed by atoms with Crippen LogP contribution in [-0.4, -0.2) is 23.1 Å². The van der Waals surface area contributed by atoms with Crippen LogP contribution in [0.3, 0.4) is 0 Å². The minimum absolute atomic E-state index is 0.0213. The van der Waals surface area contributed by atoms with Crippen LogP contribution in [0, 0.1) is 35.5 Å². The summed E-state index contributed by atoms with van der Waals surface area (Å²) in [4.78, 5) is 22.9. The van der Waals surface area contributed by atoms with Crippen LogP contribution in [0.2, 0.25) is 0 Å². The number of carbonyl (C=O) groups excluding carboxylic acids is 1. The molecule has 128 valence electrons. The van der Waals surface area contributed by atoms with Gasteiger partial charge in [0.15, 0.2) is 0 Å². The second kappa shape index (κ2) is 6.10. The molecule has 4 heteroatoms. The first-order valence-electron chi connectivity index (χ1n) is 9.51. The maximum absolute atomic E-state index is 12.2. The van der Waals surface area contributed by atoms with Gasteiger partial charge in [0.2, 0.25) is 0 Å². The van der Waals surface area contributed by atoms with Crippen molar-refractivity contribution in [3.05, 3.63) is 0 Å². The molecule has 23 heavy (non-hydrogen) atoms. The first-order chi connectivity index (χ1) is 11.1. The van der Waals surface area contributed by atoms with Crippen LogP contribution in [0.5, 0.6) is 0 Å². The van der Waals surface area contributed by atoms with Crippen LogP contribution < -0.4 is 0 Å². The van der Waals surface area contributed by atoms with Crippen LogP contribution in [0.25, 0.3) is 0 Å². The van der Waals surface area contributed by atoms with Gasteiger partial charge in [0.05, 0.1) is 12.8 Å².